The van der Waals surface area contributed by atoms with Gasteiger partial charge in [-0.15, -0.1) is 0 Å². The number of likely N-dealkylation sites (N-methyl/N-ethyl adjacent to an activating group) is 2. The van der Waals surface area contributed by atoms with Crippen molar-refractivity contribution < 1.29 is 33.8 Å². The van der Waals surface area contributed by atoms with E-state index in [1.807, 2.05) is 57.5 Å². The van der Waals surface area contributed by atoms with Crippen LogP contribution in [0.5, 0.6) is 5.75 Å². The number of aromatic hydroxyl groups is 1. The summed E-state index contributed by atoms with van der Waals surface area (Å²) in [5, 5.41) is 19.5. The van der Waals surface area contributed by atoms with Crippen LogP contribution >= 0.6 is 0 Å². The van der Waals surface area contributed by atoms with Gasteiger partial charge in [0.25, 0.3) is 11.8 Å². The highest BCUT2D eigenvalue weighted by Crippen LogP contribution is 2.41. The fourth-order valence-electron chi connectivity index (χ4n) is 9.82. The molecule has 0 spiro atoms. The Morgan fingerprint density at radius 2 is 1.78 bits per heavy atom. The number of hydrogen-bond donors (Lipinski definition) is 4. The summed E-state index contributed by atoms with van der Waals surface area (Å²) in [5.74, 6) is -2.74. The van der Waals surface area contributed by atoms with Gasteiger partial charge < -0.3 is 44.3 Å². The van der Waals surface area contributed by atoms with Crippen LogP contribution in [0.2, 0.25) is 0 Å². The number of benzene rings is 2. The molecule has 384 valence electrons. The number of amides is 4. The van der Waals surface area contributed by atoms with Crippen LogP contribution in [0.1, 0.15) is 74.9 Å². The summed E-state index contributed by atoms with van der Waals surface area (Å²) in [5.41, 5.74) is 9.80. The molecular formula is C54H71N11O7. The van der Waals surface area contributed by atoms with Crippen molar-refractivity contribution in [3.05, 3.63) is 95.7 Å². The molecule has 1 fully saturated rings. The summed E-state index contributed by atoms with van der Waals surface area (Å²) in [6.07, 6.45) is 7.75. The van der Waals surface area contributed by atoms with Gasteiger partial charge >= 0.3 is 5.97 Å². The van der Waals surface area contributed by atoms with E-state index in [1.165, 1.54) is 33.8 Å². The Balaban J connectivity index is 1.27. The number of fused-ring (bicyclic) bond motifs is 6. The SMILES string of the molecule is CCn1c(-c2cccnc2CN(C)C)c2c3cc(ccc31)-c1cc(O)cc(c1)C[C@H](NC(=O)[C@H](C(C)C)N(C)C(=O)c1ncc(NC(=O)/C=C/CN(C)C)n1C)C(=O)N1CCC[C@H](N1)C(=O)OCC(C)(C)C2. The Kier molecular flexibility index (Phi) is 16.4. The molecule has 3 aromatic heterocycles. The molecule has 0 unspecified atom stereocenters. The van der Waals surface area contributed by atoms with Crippen LogP contribution in [0.4, 0.5) is 5.82 Å². The highest BCUT2D eigenvalue weighted by atomic mass is 16.5. The van der Waals surface area contributed by atoms with Crippen molar-refractivity contribution in [2.45, 2.75) is 91.5 Å². The number of pyridine rings is 1. The number of carbonyl (C=O) groups excluding carboxylic acids is 5. The minimum absolute atomic E-state index is 0.0131. The van der Waals surface area contributed by atoms with E-state index in [2.05, 4.69) is 69.5 Å². The molecular weight excluding hydrogens is 915 g/mol. The van der Waals surface area contributed by atoms with Gasteiger partial charge in [-0.05, 0) is 119 Å². The third-order valence-corrected chi connectivity index (χ3v) is 13.3. The van der Waals surface area contributed by atoms with Crippen molar-refractivity contribution >= 4 is 46.3 Å². The van der Waals surface area contributed by atoms with E-state index >= 15 is 0 Å². The second-order valence-corrected chi connectivity index (χ2v) is 20.7. The Morgan fingerprint density at radius 1 is 1.01 bits per heavy atom. The van der Waals surface area contributed by atoms with E-state index in [9.17, 15) is 29.1 Å². The molecule has 18 nitrogen and oxygen atoms in total. The quantitative estimate of drug-likeness (QED) is 0.0868. The van der Waals surface area contributed by atoms with Crippen LogP contribution in [-0.4, -0.2) is 147 Å². The molecule has 2 aliphatic rings. The topological polar surface area (TPSA) is 200 Å². The summed E-state index contributed by atoms with van der Waals surface area (Å²) < 4.78 is 9.90. The highest BCUT2D eigenvalue weighted by Gasteiger charge is 2.38. The third-order valence-electron chi connectivity index (χ3n) is 13.3. The molecule has 18 heteroatoms. The smallest absolute Gasteiger partial charge is 0.324 e. The maximum Gasteiger partial charge on any atom is 0.324 e. The van der Waals surface area contributed by atoms with E-state index in [4.69, 9.17) is 9.72 Å². The van der Waals surface area contributed by atoms with E-state index in [-0.39, 0.29) is 37.0 Å². The average molecular weight is 986 g/mol. The molecule has 0 radical (unpaired) electrons. The number of phenolic OH excluding ortho intramolecular Hbond substituents is 1. The van der Waals surface area contributed by atoms with E-state index in [0.29, 0.717) is 50.0 Å². The number of esters is 1. The molecule has 1 saturated heterocycles. The van der Waals surface area contributed by atoms with Crippen molar-refractivity contribution in [1.82, 2.24) is 49.6 Å². The number of phenols is 1. The number of hydrogen-bond acceptors (Lipinski definition) is 12. The lowest BCUT2D eigenvalue weighted by atomic mass is 9.84. The normalized spacial score (nSPS) is 17.9. The molecule has 2 aromatic carbocycles. The number of aromatic nitrogens is 4. The number of aryl methyl sites for hydroxylation is 1. The first-order valence-corrected chi connectivity index (χ1v) is 24.7. The average Bonchev–Trinajstić information content (AvgIpc) is 3.83. The highest BCUT2D eigenvalue weighted by molar-refractivity contribution is 6.00. The predicted octanol–water partition coefficient (Wildman–Crippen LogP) is 5.39. The number of nitrogens with zero attached hydrogens (tertiary/aromatic N) is 8. The molecule has 0 saturated carbocycles. The van der Waals surface area contributed by atoms with Crippen LogP contribution < -0.4 is 16.1 Å². The number of carbonyl (C=O) groups is 5. The Labute approximate surface area is 422 Å². The van der Waals surface area contributed by atoms with Gasteiger partial charge in [-0.3, -0.25) is 34.0 Å². The largest absolute Gasteiger partial charge is 0.508 e. The predicted molar refractivity (Wildman–Crippen MR) is 278 cm³/mol. The molecule has 5 heterocycles. The number of ether oxygens (including phenoxy) is 1. The Hall–Kier alpha value is -6.89. The van der Waals surface area contributed by atoms with Gasteiger partial charge in [-0.25, -0.2) is 10.4 Å². The van der Waals surface area contributed by atoms with Crippen LogP contribution in [0.25, 0.3) is 33.3 Å². The van der Waals surface area contributed by atoms with Gasteiger partial charge in [0.2, 0.25) is 17.6 Å². The fourth-order valence-corrected chi connectivity index (χ4v) is 9.82. The van der Waals surface area contributed by atoms with E-state index < -0.39 is 59.1 Å². The van der Waals surface area contributed by atoms with Gasteiger partial charge in [0.15, 0.2) is 0 Å². The van der Waals surface area contributed by atoms with Gasteiger partial charge in [-0.2, -0.15) is 0 Å². The number of imidazole rings is 1. The second kappa shape index (κ2) is 22.3. The van der Waals surface area contributed by atoms with Gasteiger partial charge in [-0.1, -0.05) is 45.9 Å². The van der Waals surface area contributed by atoms with Gasteiger partial charge in [0, 0.05) is 80.8 Å². The minimum Gasteiger partial charge on any atom is -0.508 e. The molecule has 7 rings (SSSR count). The zero-order chi connectivity index (χ0) is 52.2. The maximum atomic E-state index is 14.8. The summed E-state index contributed by atoms with van der Waals surface area (Å²) in [6, 6.07) is 12.4. The summed E-state index contributed by atoms with van der Waals surface area (Å²) in [6.45, 7) is 12.1. The van der Waals surface area contributed by atoms with Crippen LogP contribution in [0.3, 0.4) is 0 Å². The number of nitrogens with one attached hydrogen (secondary N) is 3. The lowest BCUT2D eigenvalue weighted by Crippen LogP contribution is -2.62. The molecule has 4 amide bonds. The fraction of sp³-hybridized carbons (Fsp3) is 0.463. The molecule has 5 aromatic rings. The molecule has 6 bridgehead atoms. The molecule has 3 atom stereocenters. The molecule has 72 heavy (non-hydrogen) atoms. The van der Waals surface area contributed by atoms with Crippen molar-refractivity contribution in [2.75, 3.05) is 60.3 Å². The molecule has 4 N–H and O–H groups in total. The van der Waals surface area contributed by atoms with Crippen LogP contribution in [0, 0.1) is 11.3 Å². The standard InChI is InChI=1S/C54H71N11O7/c1-12-64-44-20-19-35-28-39(44)40(48(64)38-16-13-21-55-43(38)31-61(8)9)29-54(4,5)32-72-53(71)41-17-14-23-65(59-41)51(69)42(26-34-24-36(35)27-37(66)25-34)57-50(68)47(33(2)3)63(11)52(70)49-56-30-45(62(49)10)58-46(67)18-15-22-60(6)7/h13,15-16,18-21,24-25,27-28,30,33,41-42,47,59,66H,12,14,17,22-23,26,29,31-32H2,1-11H3,(H,57,68)(H,58,67)/b18-15+/t41-,42-,47-/m0/s1. The van der Waals surface area contributed by atoms with Gasteiger partial charge in [0.1, 0.15) is 29.7 Å². The zero-order valence-electron chi connectivity index (χ0n) is 43.6. The first-order valence-electron chi connectivity index (χ1n) is 24.7. The van der Waals surface area contributed by atoms with Gasteiger partial charge in [0.05, 0.1) is 24.2 Å². The molecule has 2 aliphatic heterocycles. The summed E-state index contributed by atoms with van der Waals surface area (Å²) in [4.78, 5) is 84.8. The Bertz CT molecular complexity index is 2860. The minimum atomic E-state index is -1.21. The number of hydrazine groups is 1. The van der Waals surface area contributed by atoms with E-state index in [1.54, 1.807) is 39.1 Å². The van der Waals surface area contributed by atoms with Crippen molar-refractivity contribution in [3.8, 4) is 28.1 Å². The number of cyclic esters (lactones) is 1. The first kappa shape index (κ1) is 52.9. The number of rotatable bonds is 13. The van der Waals surface area contributed by atoms with E-state index in [0.717, 1.165) is 39.0 Å². The monoisotopic (exact) mass is 986 g/mol. The van der Waals surface area contributed by atoms with Crippen LogP contribution in [-0.2, 0) is 56.9 Å². The summed E-state index contributed by atoms with van der Waals surface area (Å²) in [7, 11) is 10.9. The second-order valence-electron chi connectivity index (χ2n) is 20.7. The van der Waals surface area contributed by atoms with Crippen molar-refractivity contribution in [2.24, 2.45) is 18.4 Å². The lowest BCUT2D eigenvalue weighted by Gasteiger charge is -2.36. The number of anilines is 1. The summed E-state index contributed by atoms with van der Waals surface area (Å²) >= 11 is 0. The first-order chi connectivity index (χ1) is 34.2. The van der Waals surface area contributed by atoms with Crippen molar-refractivity contribution in [3.63, 3.8) is 0 Å². The van der Waals surface area contributed by atoms with Crippen molar-refractivity contribution in [1.29, 1.82) is 0 Å². The maximum absolute atomic E-state index is 14.8. The lowest BCUT2D eigenvalue weighted by molar-refractivity contribution is -0.155. The van der Waals surface area contributed by atoms with Crippen LogP contribution in [0.15, 0.2) is 73.1 Å². The third kappa shape index (κ3) is 11.9. The Morgan fingerprint density at radius 3 is 2.49 bits per heavy atom. The molecule has 0 aliphatic carbocycles. The zero-order valence-corrected chi connectivity index (χ0v) is 43.6.